The first-order valence-corrected chi connectivity index (χ1v) is 7.40. The number of aromatic nitrogens is 3. The Morgan fingerprint density at radius 3 is 2.91 bits per heavy atom. The molecule has 23 heavy (non-hydrogen) atoms. The minimum absolute atomic E-state index is 0.0606. The first-order valence-electron chi connectivity index (χ1n) is 7.40. The van der Waals surface area contributed by atoms with Gasteiger partial charge in [0.05, 0.1) is 13.2 Å². The van der Waals surface area contributed by atoms with E-state index >= 15 is 0 Å². The molecule has 0 aliphatic carbocycles. The van der Waals surface area contributed by atoms with Gasteiger partial charge >= 0.3 is 0 Å². The van der Waals surface area contributed by atoms with E-state index in [2.05, 4.69) is 10.2 Å². The van der Waals surface area contributed by atoms with Crippen LogP contribution in [0.1, 0.15) is 32.4 Å². The third kappa shape index (κ3) is 2.23. The molecule has 2 aliphatic rings. The Balaban J connectivity index is 1.57. The summed E-state index contributed by atoms with van der Waals surface area (Å²) in [5.41, 5.74) is 6.96. The van der Waals surface area contributed by atoms with Crippen LogP contribution in [0.25, 0.3) is 0 Å². The molecule has 0 atom stereocenters. The molecule has 2 amide bonds. The van der Waals surface area contributed by atoms with Gasteiger partial charge < -0.3 is 19.9 Å². The van der Waals surface area contributed by atoms with Crippen molar-refractivity contribution in [1.29, 1.82) is 0 Å². The Bertz CT molecular complexity index is 813. The Morgan fingerprint density at radius 2 is 2.09 bits per heavy atom. The number of carbonyl (C=O) groups excluding carboxylic acids is 2. The Kier molecular flexibility index (Phi) is 3.03. The van der Waals surface area contributed by atoms with E-state index < -0.39 is 5.91 Å². The largest absolute Gasteiger partial charge is 0.493 e. The van der Waals surface area contributed by atoms with Crippen molar-refractivity contribution >= 4 is 11.8 Å². The lowest BCUT2D eigenvalue weighted by Gasteiger charge is -2.27. The second kappa shape index (κ2) is 5.08. The predicted octanol–water partition coefficient (Wildman–Crippen LogP) is -0.0321. The number of carbonyl (C=O) groups is 2. The number of rotatable bonds is 2. The standard InChI is InChI=1S/C15H15N5O3/c16-13(21)14-18-17-12-8-19(4-5-20(12)14)15(22)10-1-2-11-9(7-10)3-6-23-11/h1-2,7H,3-6,8H2,(H2,16,21). The molecule has 1 aromatic heterocycles. The van der Waals surface area contributed by atoms with Gasteiger partial charge in [-0.15, -0.1) is 10.2 Å². The molecule has 0 radical (unpaired) electrons. The number of nitrogens with zero attached hydrogens (tertiary/aromatic N) is 4. The molecule has 0 saturated heterocycles. The van der Waals surface area contributed by atoms with Gasteiger partial charge in [-0.05, 0) is 23.8 Å². The van der Waals surface area contributed by atoms with Crippen molar-refractivity contribution in [1.82, 2.24) is 19.7 Å². The zero-order chi connectivity index (χ0) is 16.0. The lowest BCUT2D eigenvalue weighted by Crippen LogP contribution is -2.39. The SMILES string of the molecule is NC(=O)c1nnc2n1CCN(C(=O)c1ccc3c(c1)CCO3)C2. The monoisotopic (exact) mass is 313 g/mol. The van der Waals surface area contributed by atoms with Crippen LogP contribution >= 0.6 is 0 Å². The summed E-state index contributed by atoms with van der Waals surface area (Å²) in [6.07, 6.45) is 0.826. The summed E-state index contributed by atoms with van der Waals surface area (Å²) in [5, 5.41) is 7.76. The second-order valence-corrected chi connectivity index (χ2v) is 5.60. The van der Waals surface area contributed by atoms with Gasteiger partial charge in [-0.1, -0.05) is 0 Å². The molecule has 2 aromatic rings. The van der Waals surface area contributed by atoms with Crippen molar-refractivity contribution in [2.24, 2.45) is 5.73 Å². The highest BCUT2D eigenvalue weighted by atomic mass is 16.5. The summed E-state index contributed by atoms with van der Waals surface area (Å²) < 4.78 is 7.13. The number of fused-ring (bicyclic) bond motifs is 2. The number of ether oxygens (including phenoxy) is 1. The topological polar surface area (TPSA) is 103 Å². The zero-order valence-corrected chi connectivity index (χ0v) is 12.4. The fourth-order valence-corrected chi connectivity index (χ4v) is 3.02. The highest BCUT2D eigenvalue weighted by Crippen LogP contribution is 2.27. The summed E-state index contributed by atoms with van der Waals surface area (Å²) in [5.74, 6) is 0.896. The van der Waals surface area contributed by atoms with Crippen molar-refractivity contribution in [3.05, 3.63) is 41.0 Å². The minimum atomic E-state index is -0.609. The maximum Gasteiger partial charge on any atom is 0.286 e. The van der Waals surface area contributed by atoms with Gasteiger partial charge in [-0.2, -0.15) is 0 Å². The maximum absolute atomic E-state index is 12.7. The molecule has 0 spiro atoms. The molecule has 8 heteroatoms. The summed E-state index contributed by atoms with van der Waals surface area (Å²) >= 11 is 0. The molecule has 118 valence electrons. The molecule has 2 aliphatic heterocycles. The Hall–Kier alpha value is -2.90. The van der Waals surface area contributed by atoms with Crippen LogP contribution in [0.2, 0.25) is 0 Å². The van der Waals surface area contributed by atoms with Crippen LogP contribution in [0.15, 0.2) is 18.2 Å². The summed E-state index contributed by atoms with van der Waals surface area (Å²) in [6.45, 7) is 1.92. The Labute approximate surface area is 131 Å². The Morgan fingerprint density at radius 1 is 1.22 bits per heavy atom. The molecule has 0 bridgehead atoms. The molecule has 2 N–H and O–H groups in total. The van der Waals surface area contributed by atoms with Crippen LogP contribution in [-0.2, 0) is 19.5 Å². The molecule has 0 fully saturated rings. The summed E-state index contributed by atoms with van der Waals surface area (Å²) in [6, 6.07) is 5.51. The molecule has 1 aromatic carbocycles. The molecule has 8 nitrogen and oxygen atoms in total. The quantitative estimate of drug-likeness (QED) is 0.838. The van der Waals surface area contributed by atoms with Crippen molar-refractivity contribution in [3.8, 4) is 5.75 Å². The van der Waals surface area contributed by atoms with E-state index in [1.165, 1.54) is 0 Å². The van der Waals surface area contributed by atoms with E-state index in [0.717, 1.165) is 17.7 Å². The lowest BCUT2D eigenvalue weighted by molar-refractivity contribution is 0.0706. The van der Waals surface area contributed by atoms with Crippen LogP contribution in [0.3, 0.4) is 0 Å². The summed E-state index contributed by atoms with van der Waals surface area (Å²) in [4.78, 5) is 25.7. The second-order valence-electron chi connectivity index (χ2n) is 5.60. The fraction of sp³-hybridized carbons (Fsp3) is 0.333. The fourth-order valence-electron chi connectivity index (χ4n) is 3.02. The van der Waals surface area contributed by atoms with Gasteiger partial charge in [0.25, 0.3) is 11.8 Å². The smallest absolute Gasteiger partial charge is 0.286 e. The first-order chi connectivity index (χ1) is 11.1. The number of hydrogen-bond acceptors (Lipinski definition) is 5. The van der Waals surface area contributed by atoms with Gasteiger partial charge in [-0.3, -0.25) is 9.59 Å². The van der Waals surface area contributed by atoms with Crippen molar-refractivity contribution < 1.29 is 14.3 Å². The van der Waals surface area contributed by atoms with Gasteiger partial charge in [0.2, 0.25) is 5.82 Å². The van der Waals surface area contributed by atoms with E-state index in [-0.39, 0.29) is 11.7 Å². The van der Waals surface area contributed by atoms with Gasteiger partial charge in [0.1, 0.15) is 5.75 Å². The molecular formula is C15H15N5O3. The van der Waals surface area contributed by atoms with Crippen molar-refractivity contribution in [3.63, 3.8) is 0 Å². The van der Waals surface area contributed by atoms with Crippen molar-refractivity contribution in [2.75, 3.05) is 13.2 Å². The van der Waals surface area contributed by atoms with Gasteiger partial charge in [0.15, 0.2) is 5.82 Å². The first kappa shape index (κ1) is 13.7. The average molecular weight is 313 g/mol. The molecule has 0 saturated carbocycles. The number of benzene rings is 1. The molecule has 0 unspecified atom stereocenters. The number of primary amides is 1. The number of amides is 2. The van der Waals surface area contributed by atoms with Crippen LogP contribution in [-0.4, -0.2) is 44.6 Å². The highest BCUT2D eigenvalue weighted by Gasteiger charge is 2.27. The minimum Gasteiger partial charge on any atom is -0.493 e. The van der Waals surface area contributed by atoms with Gasteiger partial charge in [-0.25, -0.2) is 0 Å². The van der Waals surface area contributed by atoms with Crippen LogP contribution in [0.5, 0.6) is 5.75 Å². The third-order valence-electron chi connectivity index (χ3n) is 4.20. The van der Waals surface area contributed by atoms with Crippen LogP contribution in [0.4, 0.5) is 0 Å². The summed E-state index contributed by atoms with van der Waals surface area (Å²) in [7, 11) is 0. The van der Waals surface area contributed by atoms with E-state index in [1.54, 1.807) is 15.5 Å². The average Bonchev–Trinajstić information content (AvgIpc) is 3.19. The number of nitrogens with two attached hydrogens (primary N) is 1. The van der Waals surface area contributed by atoms with E-state index in [0.29, 0.717) is 37.6 Å². The lowest BCUT2D eigenvalue weighted by atomic mass is 10.1. The third-order valence-corrected chi connectivity index (χ3v) is 4.20. The van der Waals surface area contributed by atoms with Crippen LogP contribution < -0.4 is 10.5 Å². The van der Waals surface area contributed by atoms with Gasteiger partial charge in [0, 0.05) is 25.1 Å². The molecule has 4 rings (SSSR count). The van der Waals surface area contributed by atoms with E-state index in [1.807, 2.05) is 12.1 Å². The highest BCUT2D eigenvalue weighted by molar-refractivity contribution is 5.94. The van der Waals surface area contributed by atoms with E-state index in [9.17, 15) is 9.59 Å². The normalized spacial score (nSPS) is 15.7. The van der Waals surface area contributed by atoms with Crippen LogP contribution in [0, 0.1) is 0 Å². The van der Waals surface area contributed by atoms with E-state index in [4.69, 9.17) is 10.5 Å². The zero-order valence-electron chi connectivity index (χ0n) is 12.4. The maximum atomic E-state index is 12.7. The number of hydrogen-bond donors (Lipinski definition) is 1. The predicted molar refractivity (Wildman–Crippen MR) is 78.9 cm³/mol. The molecular weight excluding hydrogens is 298 g/mol. The van der Waals surface area contributed by atoms with Crippen molar-refractivity contribution in [2.45, 2.75) is 19.5 Å². The molecule has 3 heterocycles.